The minimum atomic E-state index is -1.26. The topological polar surface area (TPSA) is 57.7 Å². The molecule has 1 fully saturated rings. The highest BCUT2D eigenvalue weighted by atomic mass is 35.5. The Labute approximate surface area is 163 Å². The third-order valence-electron chi connectivity index (χ3n) is 5.07. The average Bonchev–Trinajstić information content (AvgIpc) is 2.87. The number of hydrogen-bond donors (Lipinski definition) is 0. The number of nitrogens with zero attached hydrogens (tertiary/aromatic N) is 2. The molecule has 1 heterocycles. The lowest BCUT2D eigenvalue weighted by Gasteiger charge is -2.29. The van der Waals surface area contributed by atoms with Crippen LogP contribution in [0.2, 0.25) is 5.02 Å². The molecule has 0 N–H and O–H groups in total. The highest BCUT2D eigenvalue weighted by Crippen LogP contribution is 2.42. The fraction of sp³-hybridized carbons (Fsp3) is 0.286. The Morgan fingerprint density at radius 2 is 1.74 bits per heavy atom. The maximum atomic E-state index is 13.0. The summed E-state index contributed by atoms with van der Waals surface area (Å²) in [6.45, 7) is 0.427. The molecule has 1 atom stereocenters. The van der Waals surface area contributed by atoms with Gasteiger partial charge in [-0.25, -0.2) is 0 Å². The van der Waals surface area contributed by atoms with E-state index in [0.717, 1.165) is 10.5 Å². The van der Waals surface area contributed by atoms with Crippen LogP contribution in [-0.4, -0.2) is 41.6 Å². The molecule has 0 aromatic heterocycles. The first-order valence-corrected chi connectivity index (χ1v) is 9.07. The van der Waals surface area contributed by atoms with Crippen LogP contribution in [-0.2, 0) is 26.3 Å². The first kappa shape index (κ1) is 19.1. The zero-order valence-corrected chi connectivity index (χ0v) is 16.1. The summed E-state index contributed by atoms with van der Waals surface area (Å²) in [5, 5.41) is 0.382. The van der Waals surface area contributed by atoms with Gasteiger partial charge in [0, 0.05) is 38.5 Å². The van der Waals surface area contributed by atoms with Crippen molar-refractivity contribution in [3.63, 3.8) is 0 Å². The second-order valence-corrected chi connectivity index (χ2v) is 7.32. The van der Waals surface area contributed by atoms with Crippen molar-refractivity contribution in [2.24, 2.45) is 0 Å². The monoisotopic (exact) mass is 384 g/mol. The predicted octanol–water partition coefficient (Wildman–Crippen LogP) is 3.02. The van der Waals surface area contributed by atoms with E-state index in [0.29, 0.717) is 17.1 Å². The van der Waals surface area contributed by atoms with Crippen LogP contribution in [0.1, 0.15) is 24.0 Å². The number of likely N-dealkylation sites (tertiary alicyclic amines) is 1. The Balaban J connectivity index is 1.91. The van der Waals surface area contributed by atoms with Gasteiger partial charge in [-0.05, 0) is 17.2 Å². The van der Waals surface area contributed by atoms with E-state index in [9.17, 15) is 14.4 Å². The highest BCUT2D eigenvalue weighted by molar-refractivity contribution is 6.32. The van der Waals surface area contributed by atoms with E-state index < -0.39 is 5.41 Å². The van der Waals surface area contributed by atoms with E-state index in [1.54, 1.807) is 36.2 Å². The Kier molecular flexibility index (Phi) is 5.33. The van der Waals surface area contributed by atoms with Crippen molar-refractivity contribution in [3.8, 4) is 0 Å². The molecule has 3 rings (SSSR count). The SMILES string of the molecule is CN(Cc1ccccc1)C(=O)CC1(c2ccccc2Cl)CC(=O)N(C)C1=O. The molecule has 0 aliphatic carbocycles. The van der Waals surface area contributed by atoms with Gasteiger partial charge >= 0.3 is 0 Å². The van der Waals surface area contributed by atoms with Crippen molar-refractivity contribution in [1.29, 1.82) is 0 Å². The molecule has 6 heteroatoms. The van der Waals surface area contributed by atoms with Gasteiger partial charge in [0.05, 0.1) is 5.41 Å². The van der Waals surface area contributed by atoms with E-state index in [4.69, 9.17) is 11.6 Å². The van der Waals surface area contributed by atoms with Crippen LogP contribution in [0.3, 0.4) is 0 Å². The number of carbonyl (C=O) groups excluding carboxylic acids is 3. The molecule has 0 saturated carbocycles. The fourth-order valence-corrected chi connectivity index (χ4v) is 3.83. The lowest BCUT2D eigenvalue weighted by atomic mass is 9.75. The van der Waals surface area contributed by atoms with E-state index in [1.165, 1.54) is 7.05 Å². The van der Waals surface area contributed by atoms with Crippen molar-refractivity contribution < 1.29 is 14.4 Å². The summed E-state index contributed by atoms with van der Waals surface area (Å²) in [6, 6.07) is 16.5. The van der Waals surface area contributed by atoms with Gasteiger partial charge in [0.15, 0.2) is 0 Å². The van der Waals surface area contributed by atoms with Crippen LogP contribution >= 0.6 is 11.6 Å². The number of likely N-dealkylation sites (N-methyl/N-ethyl adjacent to an activating group) is 1. The first-order valence-electron chi connectivity index (χ1n) is 8.69. The number of hydrogen-bond acceptors (Lipinski definition) is 3. The maximum Gasteiger partial charge on any atom is 0.240 e. The summed E-state index contributed by atoms with van der Waals surface area (Å²) in [4.78, 5) is 40.9. The molecule has 27 heavy (non-hydrogen) atoms. The third-order valence-corrected chi connectivity index (χ3v) is 5.40. The molecule has 140 valence electrons. The summed E-state index contributed by atoms with van der Waals surface area (Å²) in [6.07, 6.45) is -0.161. The molecule has 0 radical (unpaired) electrons. The zero-order chi connectivity index (χ0) is 19.6. The molecule has 1 aliphatic heterocycles. The number of rotatable bonds is 5. The first-order chi connectivity index (χ1) is 12.8. The summed E-state index contributed by atoms with van der Waals surface area (Å²) >= 11 is 6.34. The molecule has 5 nitrogen and oxygen atoms in total. The van der Waals surface area contributed by atoms with E-state index in [1.807, 2.05) is 30.3 Å². The molecule has 2 aromatic carbocycles. The summed E-state index contributed by atoms with van der Waals surface area (Å²) in [7, 11) is 3.14. The van der Waals surface area contributed by atoms with Crippen molar-refractivity contribution >= 4 is 29.3 Å². The molecule has 3 amide bonds. The van der Waals surface area contributed by atoms with Crippen molar-refractivity contribution in [1.82, 2.24) is 9.80 Å². The Hall–Kier alpha value is -2.66. The maximum absolute atomic E-state index is 13.0. The van der Waals surface area contributed by atoms with Crippen molar-refractivity contribution in [2.45, 2.75) is 24.8 Å². The molecule has 1 unspecified atom stereocenters. The van der Waals surface area contributed by atoms with Gasteiger partial charge in [-0.15, -0.1) is 0 Å². The van der Waals surface area contributed by atoms with E-state index >= 15 is 0 Å². The van der Waals surface area contributed by atoms with Gasteiger partial charge in [0.2, 0.25) is 17.7 Å². The van der Waals surface area contributed by atoms with Gasteiger partial charge in [-0.3, -0.25) is 19.3 Å². The number of amides is 3. The van der Waals surface area contributed by atoms with E-state index in [2.05, 4.69) is 0 Å². The standard InChI is InChI=1S/C21H21ClN2O3/c1-23(14-15-8-4-3-5-9-15)18(25)12-21(13-19(26)24(2)20(21)27)16-10-6-7-11-17(16)22/h3-11H,12-14H2,1-2H3. The number of halogens is 1. The van der Waals surface area contributed by atoms with Gasteiger partial charge in [-0.1, -0.05) is 60.1 Å². The molecule has 0 bridgehead atoms. The minimum absolute atomic E-state index is 0.0585. The van der Waals surface area contributed by atoms with Gasteiger partial charge in [0.25, 0.3) is 0 Å². The Morgan fingerprint density at radius 3 is 2.33 bits per heavy atom. The van der Waals surface area contributed by atoms with Gasteiger partial charge in [0.1, 0.15) is 0 Å². The normalized spacial score (nSPS) is 19.4. The molecule has 0 spiro atoms. The van der Waals surface area contributed by atoms with Crippen molar-refractivity contribution in [3.05, 3.63) is 70.7 Å². The van der Waals surface area contributed by atoms with Gasteiger partial charge in [-0.2, -0.15) is 0 Å². The Bertz CT molecular complexity index is 884. The number of imide groups is 1. The van der Waals surface area contributed by atoms with Crippen LogP contribution in [0, 0.1) is 0 Å². The average molecular weight is 385 g/mol. The zero-order valence-electron chi connectivity index (χ0n) is 15.3. The van der Waals surface area contributed by atoms with Crippen LogP contribution in [0.5, 0.6) is 0 Å². The minimum Gasteiger partial charge on any atom is -0.341 e. The second kappa shape index (κ2) is 7.53. The number of benzene rings is 2. The largest absolute Gasteiger partial charge is 0.341 e. The lowest BCUT2D eigenvalue weighted by molar-refractivity contribution is -0.141. The smallest absolute Gasteiger partial charge is 0.240 e. The van der Waals surface area contributed by atoms with Crippen LogP contribution in [0.25, 0.3) is 0 Å². The fourth-order valence-electron chi connectivity index (χ4n) is 3.52. The van der Waals surface area contributed by atoms with E-state index in [-0.39, 0.29) is 30.6 Å². The van der Waals surface area contributed by atoms with Crippen LogP contribution < -0.4 is 0 Å². The lowest BCUT2D eigenvalue weighted by Crippen LogP contribution is -2.41. The summed E-state index contributed by atoms with van der Waals surface area (Å²) < 4.78 is 0. The highest BCUT2D eigenvalue weighted by Gasteiger charge is 2.53. The molecule has 1 aliphatic rings. The molecule has 1 saturated heterocycles. The molecular formula is C21H21ClN2O3. The third kappa shape index (κ3) is 3.60. The molecule has 2 aromatic rings. The summed E-state index contributed by atoms with van der Waals surface area (Å²) in [5.41, 5.74) is 0.258. The quantitative estimate of drug-likeness (QED) is 0.744. The predicted molar refractivity (Wildman–Crippen MR) is 103 cm³/mol. The Morgan fingerprint density at radius 1 is 1.11 bits per heavy atom. The molecular weight excluding hydrogens is 364 g/mol. The number of carbonyl (C=O) groups is 3. The van der Waals surface area contributed by atoms with Crippen LogP contribution in [0.15, 0.2) is 54.6 Å². The van der Waals surface area contributed by atoms with Crippen molar-refractivity contribution in [2.75, 3.05) is 14.1 Å². The van der Waals surface area contributed by atoms with Crippen LogP contribution in [0.4, 0.5) is 0 Å². The summed E-state index contributed by atoms with van der Waals surface area (Å²) in [5.74, 6) is -0.907. The van der Waals surface area contributed by atoms with Gasteiger partial charge < -0.3 is 4.90 Å². The second-order valence-electron chi connectivity index (χ2n) is 6.91.